The first kappa shape index (κ1) is 20.3. The zero-order valence-corrected chi connectivity index (χ0v) is 15.3. The second-order valence-electron chi connectivity index (χ2n) is 6.36. The molecule has 0 aliphatic carbocycles. The molecule has 0 saturated carbocycles. The van der Waals surface area contributed by atoms with Crippen molar-refractivity contribution in [3.63, 3.8) is 0 Å². The maximum atomic E-state index is 11.4. The molecule has 0 spiro atoms. The molecular weight excluding hydrogens is 312 g/mol. The lowest BCUT2D eigenvalue weighted by Gasteiger charge is -2.26. The number of carbonyl (C=O) groups excluding carboxylic acids is 1. The molecule has 0 bridgehead atoms. The van der Waals surface area contributed by atoms with Crippen LogP contribution in [0.2, 0.25) is 0 Å². The van der Waals surface area contributed by atoms with Crippen molar-refractivity contribution in [2.75, 3.05) is 12.3 Å². The van der Waals surface area contributed by atoms with E-state index in [-0.39, 0.29) is 18.4 Å². The van der Waals surface area contributed by atoms with Crippen LogP contribution < -0.4 is 10.6 Å². The van der Waals surface area contributed by atoms with Crippen molar-refractivity contribution < 1.29 is 14.7 Å². The number of thioether (sulfide) groups is 1. The Kier molecular flexibility index (Phi) is 10.4. The Morgan fingerprint density at radius 2 is 1.96 bits per heavy atom. The van der Waals surface area contributed by atoms with Gasteiger partial charge >= 0.3 is 5.97 Å². The molecule has 0 aromatic rings. The summed E-state index contributed by atoms with van der Waals surface area (Å²) in [6, 6.07) is 0.545. The normalized spacial score (nSPS) is 23.8. The third kappa shape index (κ3) is 8.61. The highest BCUT2D eigenvalue weighted by Gasteiger charge is 2.36. The van der Waals surface area contributed by atoms with E-state index in [2.05, 4.69) is 17.6 Å². The summed E-state index contributed by atoms with van der Waals surface area (Å²) in [6.45, 7) is 4.79. The largest absolute Gasteiger partial charge is 0.481 e. The van der Waals surface area contributed by atoms with E-state index in [0.29, 0.717) is 11.3 Å². The molecule has 3 N–H and O–H groups in total. The summed E-state index contributed by atoms with van der Waals surface area (Å²) in [7, 11) is 0. The molecule has 1 fully saturated rings. The first-order valence-electron chi connectivity index (χ1n) is 8.88. The molecule has 3 atom stereocenters. The topological polar surface area (TPSA) is 78.4 Å². The van der Waals surface area contributed by atoms with Crippen LogP contribution in [0.25, 0.3) is 0 Å². The molecule has 1 rings (SSSR count). The van der Waals surface area contributed by atoms with Crippen LogP contribution in [0.1, 0.15) is 65.2 Å². The fraction of sp³-hybridized carbons (Fsp3) is 0.882. The quantitative estimate of drug-likeness (QED) is 0.475. The zero-order valence-electron chi connectivity index (χ0n) is 14.5. The molecule has 1 amide bonds. The van der Waals surface area contributed by atoms with Gasteiger partial charge in [-0.2, -0.15) is 11.8 Å². The Balaban J connectivity index is 2.37. The summed E-state index contributed by atoms with van der Waals surface area (Å²) < 4.78 is 0. The monoisotopic (exact) mass is 344 g/mol. The van der Waals surface area contributed by atoms with Gasteiger partial charge in [0.1, 0.15) is 0 Å². The van der Waals surface area contributed by atoms with Gasteiger partial charge in [-0.3, -0.25) is 9.59 Å². The predicted molar refractivity (Wildman–Crippen MR) is 95.9 cm³/mol. The summed E-state index contributed by atoms with van der Waals surface area (Å²) >= 11 is 1.94. The summed E-state index contributed by atoms with van der Waals surface area (Å²) in [5, 5.41) is 15.9. The van der Waals surface area contributed by atoms with Crippen LogP contribution in [0.15, 0.2) is 0 Å². The van der Waals surface area contributed by atoms with Crippen molar-refractivity contribution in [3.8, 4) is 0 Å². The fourth-order valence-corrected chi connectivity index (χ4v) is 4.64. The number of hydrogen-bond acceptors (Lipinski definition) is 4. The lowest BCUT2D eigenvalue weighted by molar-refractivity contribution is -0.137. The number of carbonyl (C=O) groups is 2. The highest BCUT2D eigenvalue weighted by atomic mass is 32.2. The number of amides is 1. The lowest BCUT2D eigenvalue weighted by Crippen LogP contribution is -2.51. The van der Waals surface area contributed by atoms with Crippen LogP contribution in [-0.2, 0) is 9.59 Å². The molecule has 1 saturated heterocycles. The number of carboxylic acid groups (broad SMARTS) is 1. The SMILES string of the molecule is CCCCCN[C@H]1[C@@H](NC(C)=O)CS[C@H]1CCCCCC(=O)O. The van der Waals surface area contributed by atoms with Crippen molar-refractivity contribution >= 4 is 23.6 Å². The number of rotatable bonds is 12. The Morgan fingerprint density at radius 1 is 1.17 bits per heavy atom. The molecule has 1 heterocycles. The average molecular weight is 345 g/mol. The van der Waals surface area contributed by atoms with Gasteiger partial charge in [-0.1, -0.05) is 32.6 Å². The Bertz CT molecular complexity index is 366. The molecule has 5 nitrogen and oxygen atoms in total. The minimum absolute atomic E-state index is 0.0399. The Morgan fingerprint density at radius 3 is 2.61 bits per heavy atom. The van der Waals surface area contributed by atoms with Crippen LogP contribution in [0.5, 0.6) is 0 Å². The third-order valence-corrected chi connectivity index (χ3v) is 5.76. The molecule has 134 valence electrons. The van der Waals surface area contributed by atoms with E-state index in [0.717, 1.165) is 38.0 Å². The molecular formula is C17H32N2O3S. The van der Waals surface area contributed by atoms with E-state index in [4.69, 9.17) is 5.11 Å². The zero-order chi connectivity index (χ0) is 17.1. The minimum atomic E-state index is -0.707. The van der Waals surface area contributed by atoms with Gasteiger partial charge in [0.05, 0.1) is 6.04 Å². The van der Waals surface area contributed by atoms with Crippen molar-refractivity contribution in [2.24, 2.45) is 0 Å². The van der Waals surface area contributed by atoms with Gasteiger partial charge < -0.3 is 15.7 Å². The van der Waals surface area contributed by atoms with Crippen LogP contribution in [-0.4, -0.2) is 46.6 Å². The summed E-state index contributed by atoms with van der Waals surface area (Å²) in [4.78, 5) is 21.9. The molecule has 1 aliphatic heterocycles. The summed E-state index contributed by atoms with van der Waals surface area (Å²) in [5.74, 6) is 0.296. The van der Waals surface area contributed by atoms with E-state index in [1.165, 1.54) is 19.3 Å². The summed E-state index contributed by atoms with van der Waals surface area (Å²) in [6.07, 6.45) is 7.77. The van der Waals surface area contributed by atoms with Gasteiger partial charge in [-0.25, -0.2) is 0 Å². The van der Waals surface area contributed by atoms with E-state index in [1.54, 1.807) is 6.92 Å². The maximum absolute atomic E-state index is 11.4. The van der Waals surface area contributed by atoms with E-state index in [9.17, 15) is 9.59 Å². The smallest absolute Gasteiger partial charge is 0.303 e. The molecule has 23 heavy (non-hydrogen) atoms. The number of carboxylic acids is 1. The Labute approximate surface area is 144 Å². The Hall–Kier alpha value is -0.750. The van der Waals surface area contributed by atoms with Crippen LogP contribution in [0.3, 0.4) is 0 Å². The van der Waals surface area contributed by atoms with E-state index >= 15 is 0 Å². The van der Waals surface area contributed by atoms with Gasteiger partial charge in [-0.05, 0) is 25.8 Å². The molecule has 0 aromatic heterocycles. The van der Waals surface area contributed by atoms with Crippen molar-refractivity contribution in [2.45, 2.75) is 82.5 Å². The predicted octanol–water partition coefficient (Wildman–Crippen LogP) is 2.79. The molecule has 0 aromatic carbocycles. The van der Waals surface area contributed by atoms with Gasteiger partial charge in [0.25, 0.3) is 0 Å². The van der Waals surface area contributed by atoms with Crippen molar-refractivity contribution in [1.82, 2.24) is 10.6 Å². The van der Waals surface area contributed by atoms with Crippen molar-refractivity contribution in [1.29, 1.82) is 0 Å². The second-order valence-corrected chi connectivity index (χ2v) is 7.63. The van der Waals surface area contributed by atoms with Gasteiger partial charge in [0.15, 0.2) is 0 Å². The molecule has 0 unspecified atom stereocenters. The molecule has 1 aliphatic rings. The summed E-state index contributed by atoms with van der Waals surface area (Å²) in [5.41, 5.74) is 0. The number of aliphatic carboxylic acids is 1. The van der Waals surface area contributed by atoms with Gasteiger partial charge in [0, 0.05) is 30.4 Å². The number of nitrogens with one attached hydrogen (secondary N) is 2. The van der Waals surface area contributed by atoms with E-state index in [1.807, 2.05) is 11.8 Å². The van der Waals surface area contributed by atoms with E-state index < -0.39 is 5.97 Å². The van der Waals surface area contributed by atoms with Gasteiger partial charge in [0.2, 0.25) is 5.91 Å². The second kappa shape index (κ2) is 11.7. The first-order valence-corrected chi connectivity index (χ1v) is 9.93. The van der Waals surface area contributed by atoms with Crippen LogP contribution in [0.4, 0.5) is 0 Å². The lowest BCUT2D eigenvalue weighted by atomic mass is 10.0. The average Bonchev–Trinajstić information content (AvgIpc) is 2.84. The standard InChI is InChI=1S/C17H32N2O3S/c1-3-4-8-11-18-17-14(19-13(2)20)12-23-15(17)9-6-5-7-10-16(21)22/h14-15,17-18H,3-12H2,1-2H3,(H,19,20)(H,21,22)/t14-,15-,17-/m0/s1. The van der Waals surface area contributed by atoms with Gasteiger partial charge in [-0.15, -0.1) is 0 Å². The molecule has 0 radical (unpaired) electrons. The van der Waals surface area contributed by atoms with Crippen LogP contribution in [0, 0.1) is 0 Å². The first-order chi connectivity index (χ1) is 11.0. The number of unbranched alkanes of at least 4 members (excludes halogenated alkanes) is 4. The van der Waals surface area contributed by atoms with Crippen molar-refractivity contribution in [3.05, 3.63) is 0 Å². The highest BCUT2D eigenvalue weighted by Crippen LogP contribution is 2.31. The fourth-order valence-electron chi connectivity index (χ4n) is 3.07. The van der Waals surface area contributed by atoms with Crippen LogP contribution >= 0.6 is 11.8 Å². The highest BCUT2D eigenvalue weighted by molar-refractivity contribution is 8.00. The minimum Gasteiger partial charge on any atom is -0.481 e. The third-order valence-electron chi connectivity index (χ3n) is 4.25. The maximum Gasteiger partial charge on any atom is 0.303 e. The number of hydrogen-bond donors (Lipinski definition) is 3. The molecule has 6 heteroatoms.